The first-order valence-corrected chi connectivity index (χ1v) is 6.49. The molecule has 0 fully saturated rings. The van der Waals surface area contributed by atoms with E-state index in [2.05, 4.69) is 5.10 Å². The third-order valence-corrected chi connectivity index (χ3v) is 3.11. The van der Waals surface area contributed by atoms with E-state index >= 15 is 0 Å². The monoisotopic (exact) mass is 276 g/mol. The van der Waals surface area contributed by atoms with Gasteiger partial charge in [-0.25, -0.2) is 4.39 Å². The van der Waals surface area contributed by atoms with Crippen LogP contribution in [0.25, 0.3) is 0 Å². The number of rotatable bonds is 5. The Labute approximate surface area is 117 Å². The van der Waals surface area contributed by atoms with E-state index in [1.54, 1.807) is 23.7 Å². The van der Waals surface area contributed by atoms with Crippen LogP contribution in [0.2, 0.25) is 0 Å². The van der Waals surface area contributed by atoms with Crippen LogP contribution in [0, 0.1) is 12.7 Å². The van der Waals surface area contributed by atoms with Gasteiger partial charge in [0, 0.05) is 6.54 Å². The van der Waals surface area contributed by atoms with Crippen LogP contribution >= 0.6 is 0 Å². The Morgan fingerprint density at radius 2 is 2.20 bits per heavy atom. The number of halogens is 1. The average Bonchev–Trinajstić information content (AvgIpc) is 2.84. The van der Waals surface area contributed by atoms with Gasteiger partial charge in [0.15, 0.2) is 11.4 Å². The highest BCUT2D eigenvalue weighted by Gasteiger charge is 2.23. The number of methoxy groups -OCH3 is 1. The van der Waals surface area contributed by atoms with E-state index in [-0.39, 0.29) is 5.56 Å². The second-order valence-electron chi connectivity index (χ2n) is 4.55. The highest BCUT2D eigenvalue weighted by molar-refractivity contribution is 6.09. The van der Waals surface area contributed by atoms with Crippen LogP contribution in [-0.2, 0) is 6.54 Å². The van der Waals surface area contributed by atoms with Gasteiger partial charge in [-0.05, 0) is 25.0 Å². The van der Waals surface area contributed by atoms with Crippen LogP contribution < -0.4 is 4.74 Å². The average molecular weight is 276 g/mol. The molecule has 0 aliphatic rings. The summed E-state index contributed by atoms with van der Waals surface area (Å²) >= 11 is 0. The normalized spacial score (nSPS) is 10.6. The van der Waals surface area contributed by atoms with Crippen LogP contribution in [0.5, 0.6) is 5.75 Å². The lowest BCUT2D eigenvalue weighted by Gasteiger charge is -2.09. The van der Waals surface area contributed by atoms with Crippen molar-refractivity contribution in [1.29, 1.82) is 0 Å². The lowest BCUT2D eigenvalue weighted by molar-refractivity contribution is 0.102. The largest absolute Gasteiger partial charge is 0.493 e. The van der Waals surface area contributed by atoms with Crippen molar-refractivity contribution in [3.8, 4) is 5.75 Å². The van der Waals surface area contributed by atoms with Crippen molar-refractivity contribution in [1.82, 2.24) is 9.78 Å². The number of nitrogens with zero attached hydrogens (tertiary/aromatic N) is 2. The summed E-state index contributed by atoms with van der Waals surface area (Å²) in [4.78, 5) is 12.6. The Morgan fingerprint density at radius 3 is 2.85 bits per heavy atom. The van der Waals surface area contributed by atoms with E-state index < -0.39 is 11.6 Å². The molecule has 4 nitrogen and oxygen atoms in total. The summed E-state index contributed by atoms with van der Waals surface area (Å²) < 4.78 is 20.8. The van der Waals surface area contributed by atoms with Gasteiger partial charge in [0.25, 0.3) is 0 Å². The fourth-order valence-corrected chi connectivity index (χ4v) is 2.08. The number of ether oxygens (including phenoxy) is 1. The molecule has 0 aliphatic heterocycles. The third kappa shape index (κ3) is 2.43. The van der Waals surface area contributed by atoms with E-state index in [0.717, 1.165) is 6.42 Å². The molecule has 0 N–H and O–H groups in total. The number of hydrogen-bond donors (Lipinski definition) is 0. The van der Waals surface area contributed by atoms with Crippen molar-refractivity contribution >= 4 is 5.78 Å². The first-order chi connectivity index (χ1) is 9.60. The molecule has 2 aromatic rings. The van der Waals surface area contributed by atoms with Crippen molar-refractivity contribution in [2.45, 2.75) is 26.8 Å². The summed E-state index contributed by atoms with van der Waals surface area (Å²) in [5, 5.41) is 4.12. The van der Waals surface area contributed by atoms with Crippen molar-refractivity contribution < 1.29 is 13.9 Å². The standard InChI is InChI=1S/C15H17FN2O2/c1-4-8-18-14(12(20-3)9-17-18)15(19)11-7-5-6-10(2)13(11)16/h5-7,9H,4,8H2,1-3H3. The van der Waals surface area contributed by atoms with Crippen LogP contribution in [0.4, 0.5) is 4.39 Å². The van der Waals surface area contributed by atoms with Gasteiger partial charge in [-0.2, -0.15) is 5.10 Å². The van der Waals surface area contributed by atoms with Crippen molar-refractivity contribution in [3.63, 3.8) is 0 Å². The molecule has 0 amide bonds. The third-order valence-electron chi connectivity index (χ3n) is 3.11. The maximum Gasteiger partial charge on any atom is 0.217 e. The number of aromatic nitrogens is 2. The first kappa shape index (κ1) is 14.2. The van der Waals surface area contributed by atoms with E-state index in [0.29, 0.717) is 23.6 Å². The molecule has 0 aliphatic carbocycles. The maximum absolute atomic E-state index is 14.1. The summed E-state index contributed by atoms with van der Waals surface area (Å²) in [6, 6.07) is 4.78. The Bertz CT molecular complexity index is 635. The van der Waals surface area contributed by atoms with Crippen molar-refractivity contribution in [3.05, 3.63) is 47.0 Å². The molecule has 5 heteroatoms. The molecule has 0 spiro atoms. The molecule has 0 saturated carbocycles. The van der Waals surface area contributed by atoms with Crippen LogP contribution in [0.1, 0.15) is 35.0 Å². The van der Waals surface area contributed by atoms with Gasteiger partial charge in [0.2, 0.25) is 5.78 Å². The zero-order valence-electron chi connectivity index (χ0n) is 11.8. The number of carbonyl (C=O) groups is 1. The highest BCUT2D eigenvalue weighted by Crippen LogP contribution is 2.23. The van der Waals surface area contributed by atoms with Crippen LogP contribution in [-0.4, -0.2) is 22.7 Å². The highest BCUT2D eigenvalue weighted by atomic mass is 19.1. The molecule has 0 bridgehead atoms. The van der Waals surface area contributed by atoms with Gasteiger partial charge in [-0.15, -0.1) is 0 Å². The summed E-state index contributed by atoms with van der Waals surface area (Å²) in [7, 11) is 1.47. The zero-order valence-corrected chi connectivity index (χ0v) is 11.8. The lowest BCUT2D eigenvalue weighted by Crippen LogP contribution is -2.14. The molecular formula is C15H17FN2O2. The predicted molar refractivity (Wildman–Crippen MR) is 73.6 cm³/mol. The van der Waals surface area contributed by atoms with Gasteiger partial charge in [0.05, 0.1) is 18.9 Å². The topological polar surface area (TPSA) is 44.1 Å². The van der Waals surface area contributed by atoms with Gasteiger partial charge >= 0.3 is 0 Å². The molecule has 1 heterocycles. The van der Waals surface area contributed by atoms with E-state index in [9.17, 15) is 9.18 Å². The molecule has 0 saturated heterocycles. The van der Waals surface area contributed by atoms with Gasteiger partial charge in [0.1, 0.15) is 5.82 Å². The number of hydrogen-bond acceptors (Lipinski definition) is 3. The van der Waals surface area contributed by atoms with E-state index in [4.69, 9.17) is 4.74 Å². The number of ketones is 1. The number of carbonyl (C=O) groups excluding carboxylic acids is 1. The summed E-state index contributed by atoms with van der Waals surface area (Å²) in [6.07, 6.45) is 2.30. The lowest BCUT2D eigenvalue weighted by atomic mass is 10.0. The minimum Gasteiger partial charge on any atom is -0.493 e. The van der Waals surface area contributed by atoms with E-state index in [1.807, 2.05) is 6.92 Å². The molecule has 0 unspecified atom stereocenters. The van der Waals surface area contributed by atoms with Crippen molar-refractivity contribution in [2.24, 2.45) is 0 Å². The summed E-state index contributed by atoms with van der Waals surface area (Å²) in [5.74, 6) is -0.540. The zero-order chi connectivity index (χ0) is 14.7. The van der Waals surface area contributed by atoms with Crippen LogP contribution in [0.3, 0.4) is 0 Å². The Balaban J connectivity index is 2.52. The summed E-state index contributed by atoms with van der Waals surface area (Å²) in [6.45, 7) is 4.19. The van der Waals surface area contributed by atoms with Crippen LogP contribution in [0.15, 0.2) is 24.4 Å². The predicted octanol–water partition coefficient (Wildman–Crippen LogP) is 2.98. The Morgan fingerprint density at radius 1 is 1.45 bits per heavy atom. The Hall–Kier alpha value is -2.17. The fourth-order valence-electron chi connectivity index (χ4n) is 2.08. The molecule has 2 rings (SSSR count). The second kappa shape index (κ2) is 5.86. The molecule has 0 atom stereocenters. The second-order valence-corrected chi connectivity index (χ2v) is 4.55. The van der Waals surface area contributed by atoms with Crippen molar-refractivity contribution in [2.75, 3.05) is 7.11 Å². The fraction of sp³-hybridized carbons (Fsp3) is 0.333. The van der Waals surface area contributed by atoms with E-state index in [1.165, 1.54) is 19.4 Å². The molecule has 1 aromatic carbocycles. The smallest absolute Gasteiger partial charge is 0.217 e. The number of aryl methyl sites for hydroxylation is 2. The molecule has 0 radical (unpaired) electrons. The molecule has 106 valence electrons. The van der Waals surface area contributed by atoms with Gasteiger partial charge < -0.3 is 4.74 Å². The first-order valence-electron chi connectivity index (χ1n) is 6.49. The minimum absolute atomic E-state index is 0.0427. The quantitative estimate of drug-likeness (QED) is 0.789. The molecule has 1 aromatic heterocycles. The maximum atomic E-state index is 14.1. The SMILES string of the molecule is CCCn1ncc(OC)c1C(=O)c1cccc(C)c1F. The Kier molecular flexibility index (Phi) is 4.17. The minimum atomic E-state index is -0.496. The van der Waals surface area contributed by atoms with Gasteiger partial charge in [-0.1, -0.05) is 19.1 Å². The molecule has 20 heavy (non-hydrogen) atoms. The van der Waals surface area contributed by atoms with Gasteiger partial charge in [-0.3, -0.25) is 9.48 Å². The number of benzene rings is 1. The summed E-state index contributed by atoms with van der Waals surface area (Å²) in [5.41, 5.74) is 0.774. The molecular weight excluding hydrogens is 259 g/mol.